The number of rotatable bonds is 7. The number of aryl methyl sites for hydroxylation is 1. The number of nitrogens with two attached hydrogens (primary N) is 1. The molecule has 0 fully saturated rings. The minimum atomic E-state index is -0.815. The molecule has 3 N–H and O–H groups in total. The summed E-state index contributed by atoms with van der Waals surface area (Å²) >= 11 is 0. The van der Waals surface area contributed by atoms with Crippen molar-refractivity contribution in [1.29, 1.82) is 5.26 Å². The molecule has 0 atom stereocenters. The third-order valence-corrected chi connectivity index (χ3v) is 3.66. The molecular formula is C20H19N3O4. The summed E-state index contributed by atoms with van der Waals surface area (Å²) in [6.07, 6.45) is 1.35. The maximum Gasteiger partial charge on any atom is 0.262 e. The number of nitrogens with one attached hydrogen (secondary N) is 1. The molecule has 2 aromatic carbocycles. The maximum atomic E-state index is 12.1. The van der Waals surface area contributed by atoms with E-state index in [0.717, 1.165) is 5.56 Å². The summed E-state index contributed by atoms with van der Waals surface area (Å²) < 4.78 is 10.8. The number of anilines is 1. The standard InChI is InChI=1S/C20H19N3O4/c1-13-5-3-4-6-16(13)23-19(24)12-27-17-8-7-14(10-18(17)26-2)9-15(11-21)20(22)25/h3-10H,12H2,1-2H3,(H2,22,25)(H,23,24)/b15-9-. The number of hydrogen-bond acceptors (Lipinski definition) is 5. The summed E-state index contributed by atoms with van der Waals surface area (Å²) in [5.74, 6) is -0.415. The predicted molar refractivity (Wildman–Crippen MR) is 101 cm³/mol. The van der Waals surface area contributed by atoms with E-state index >= 15 is 0 Å². The van der Waals surface area contributed by atoms with Gasteiger partial charge in [-0.15, -0.1) is 0 Å². The van der Waals surface area contributed by atoms with E-state index in [0.29, 0.717) is 22.7 Å². The molecule has 0 aliphatic heterocycles. The van der Waals surface area contributed by atoms with Gasteiger partial charge in [-0.1, -0.05) is 24.3 Å². The maximum absolute atomic E-state index is 12.1. The van der Waals surface area contributed by atoms with Crippen molar-refractivity contribution in [2.45, 2.75) is 6.92 Å². The SMILES string of the molecule is COc1cc(/C=C(/C#N)C(N)=O)ccc1OCC(=O)Nc1ccccc1C. The first kappa shape index (κ1) is 19.5. The molecule has 0 unspecified atom stereocenters. The molecule has 0 radical (unpaired) electrons. The lowest BCUT2D eigenvalue weighted by Gasteiger charge is -2.12. The van der Waals surface area contributed by atoms with Crippen molar-refractivity contribution in [2.24, 2.45) is 5.73 Å². The number of carbonyl (C=O) groups is 2. The molecule has 2 aromatic rings. The lowest BCUT2D eigenvalue weighted by atomic mass is 10.1. The molecule has 2 rings (SSSR count). The second-order valence-corrected chi connectivity index (χ2v) is 5.60. The van der Waals surface area contributed by atoms with Gasteiger partial charge in [0.15, 0.2) is 18.1 Å². The Morgan fingerprint density at radius 3 is 2.59 bits per heavy atom. The lowest BCUT2D eigenvalue weighted by Crippen LogP contribution is -2.20. The predicted octanol–water partition coefficient (Wildman–Crippen LogP) is 2.41. The first-order chi connectivity index (χ1) is 12.9. The minimum absolute atomic E-state index is 0.177. The fourth-order valence-corrected chi connectivity index (χ4v) is 2.26. The highest BCUT2D eigenvalue weighted by atomic mass is 16.5. The monoisotopic (exact) mass is 365 g/mol. The third kappa shape index (κ3) is 5.34. The van der Waals surface area contributed by atoms with Crippen molar-refractivity contribution < 1.29 is 19.1 Å². The van der Waals surface area contributed by atoms with Crippen LogP contribution in [-0.4, -0.2) is 25.5 Å². The fourth-order valence-electron chi connectivity index (χ4n) is 2.26. The van der Waals surface area contributed by atoms with Crippen LogP contribution in [0.1, 0.15) is 11.1 Å². The van der Waals surface area contributed by atoms with Crippen molar-refractivity contribution in [1.82, 2.24) is 0 Å². The van der Waals surface area contributed by atoms with Crippen LogP contribution in [0.15, 0.2) is 48.0 Å². The van der Waals surface area contributed by atoms with E-state index in [4.69, 9.17) is 20.5 Å². The van der Waals surface area contributed by atoms with Crippen LogP contribution in [0.4, 0.5) is 5.69 Å². The van der Waals surface area contributed by atoms with Crippen molar-refractivity contribution in [3.63, 3.8) is 0 Å². The van der Waals surface area contributed by atoms with Gasteiger partial charge in [0.2, 0.25) is 0 Å². The van der Waals surface area contributed by atoms with Crippen LogP contribution < -0.4 is 20.5 Å². The summed E-state index contributed by atoms with van der Waals surface area (Å²) in [6.45, 7) is 1.69. The molecule has 0 spiro atoms. The van der Waals surface area contributed by atoms with Crippen LogP contribution in [0.5, 0.6) is 11.5 Å². The summed E-state index contributed by atoms with van der Waals surface area (Å²) in [5, 5.41) is 11.7. The van der Waals surface area contributed by atoms with E-state index < -0.39 is 5.91 Å². The highest BCUT2D eigenvalue weighted by Gasteiger charge is 2.10. The van der Waals surface area contributed by atoms with E-state index in [1.807, 2.05) is 25.1 Å². The van der Waals surface area contributed by atoms with Gasteiger partial charge in [-0.3, -0.25) is 9.59 Å². The largest absolute Gasteiger partial charge is 0.493 e. The van der Waals surface area contributed by atoms with Crippen molar-refractivity contribution in [3.8, 4) is 17.6 Å². The summed E-state index contributed by atoms with van der Waals surface area (Å²) in [5.41, 5.74) is 7.15. The van der Waals surface area contributed by atoms with Gasteiger partial charge >= 0.3 is 0 Å². The first-order valence-electron chi connectivity index (χ1n) is 8.02. The minimum Gasteiger partial charge on any atom is -0.493 e. The average Bonchev–Trinajstić information content (AvgIpc) is 2.66. The Kier molecular flexibility index (Phi) is 6.55. The Morgan fingerprint density at radius 2 is 1.96 bits per heavy atom. The van der Waals surface area contributed by atoms with Crippen molar-refractivity contribution in [3.05, 3.63) is 59.2 Å². The molecule has 27 heavy (non-hydrogen) atoms. The highest BCUT2D eigenvalue weighted by molar-refractivity contribution is 6.00. The summed E-state index contributed by atoms with van der Waals surface area (Å²) in [6, 6.07) is 13.9. The Morgan fingerprint density at radius 1 is 1.22 bits per heavy atom. The van der Waals surface area contributed by atoms with E-state index in [9.17, 15) is 9.59 Å². The molecular weight excluding hydrogens is 346 g/mol. The lowest BCUT2D eigenvalue weighted by molar-refractivity contribution is -0.118. The second kappa shape index (κ2) is 9.06. The molecule has 0 aromatic heterocycles. The Balaban J connectivity index is 2.08. The van der Waals surface area contributed by atoms with Gasteiger partial charge in [-0.25, -0.2) is 0 Å². The number of benzene rings is 2. The Labute approximate surface area is 157 Å². The number of amides is 2. The number of ether oxygens (including phenoxy) is 2. The first-order valence-corrected chi connectivity index (χ1v) is 8.02. The number of carbonyl (C=O) groups excluding carboxylic acids is 2. The third-order valence-electron chi connectivity index (χ3n) is 3.66. The van der Waals surface area contributed by atoms with Gasteiger partial charge in [0.25, 0.3) is 11.8 Å². The zero-order valence-corrected chi connectivity index (χ0v) is 15.0. The Hall–Kier alpha value is -3.79. The Bertz CT molecular complexity index is 929. The molecule has 0 saturated heterocycles. The molecule has 0 saturated carbocycles. The summed E-state index contributed by atoms with van der Waals surface area (Å²) in [7, 11) is 1.45. The highest BCUT2D eigenvalue weighted by Crippen LogP contribution is 2.29. The summed E-state index contributed by atoms with van der Waals surface area (Å²) in [4.78, 5) is 23.2. The van der Waals surface area contributed by atoms with E-state index in [-0.39, 0.29) is 18.1 Å². The molecule has 0 aliphatic rings. The number of primary amides is 1. The smallest absolute Gasteiger partial charge is 0.262 e. The van der Waals surface area contributed by atoms with Crippen LogP contribution in [0.3, 0.4) is 0 Å². The van der Waals surface area contributed by atoms with E-state index in [1.165, 1.54) is 13.2 Å². The van der Waals surface area contributed by atoms with Crippen LogP contribution in [0.25, 0.3) is 6.08 Å². The molecule has 7 nitrogen and oxygen atoms in total. The van der Waals surface area contributed by atoms with Gasteiger partial charge in [0, 0.05) is 5.69 Å². The number of methoxy groups -OCH3 is 1. The average molecular weight is 365 g/mol. The van der Waals surface area contributed by atoms with Gasteiger partial charge in [-0.2, -0.15) is 5.26 Å². The molecule has 2 amide bonds. The van der Waals surface area contributed by atoms with E-state index in [2.05, 4.69) is 5.32 Å². The van der Waals surface area contributed by atoms with Gasteiger partial charge < -0.3 is 20.5 Å². The topological polar surface area (TPSA) is 114 Å². The number of para-hydroxylation sites is 1. The number of nitriles is 1. The molecule has 7 heteroatoms. The zero-order chi connectivity index (χ0) is 19.8. The van der Waals surface area contributed by atoms with E-state index in [1.54, 1.807) is 30.3 Å². The second-order valence-electron chi connectivity index (χ2n) is 5.60. The van der Waals surface area contributed by atoms with Gasteiger partial charge in [-0.05, 0) is 42.3 Å². The number of hydrogen-bond donors (Lipinski definition) is 2. The number of nitrogens with zero attached hydrogens (tertiary/aromatic N) is 1. The molecule has 0 bridgehead atoms. The van der Waals surface area contributed by atoms with Crippen LogP contribution in [-0.2, 0) is 9.59 Å². The van der Waals surface area contributed by atoms with Crippen molar-refractivity contribution >= 4 is 23.6 Å². The zero-order valence-electron chi connectivity index (χ0n) is 15.0. The fraction of sp³-hybridized carbons (Fsp3) is 0.150. The van der Waals surface area contributed by atoms with Crippen molar-refractivity contribution in [2.75, 3.05) is 19.0 Å². The van der Waals surface area contributed by atoms with Crippen LogP contribution in [0, 0.1) is 18.3 Å². The molecule has 0 heterocycles. The van der Waals surface area contributed by atoms with Gasteiger partial charge in [0.05, 0.1) is 7.11 Å². The van der Waals surface area contributed by atoms with Crippen LogP contribution in [0.2, 0.25) is 0 Å². The van der Waals surface area contributed by atoms with Crippen LogP contribution >= 0.6 is 0 Å². The quantitative estimate of drug-likeness (QED) is 0.578. The molecule has 138 valence electrons. The molecule has 0 aliphatic carbocycles. The normalized spacial score (nSPS) is 10.6. The van der Waals surface area contributed by atoms with Gasteiger partial charge in [0.1, 0.15) is 11.6 Å².